The molecule has 0 aliphatic rings. The van der Waals surface area contributed by atoms with Crippen LogP contribution in [0.4, 0.5) is 4.79 Å². The minimum Gasteiger partial charge on any atom is -0.466 e. The first-order chi connectivity index (χ1) is 11.9. The minimum absolute atomic E-state index is 0.0566. The standard InChI is InChI=1S/C16H21N3O6/c1-2-24-14(21)8-12(15(17)22)19-13(20)9-18-16(23)25-10-11-6-4-3-5-7-11/h3-7,12H,2,8-10H2,1H3,(H2,17,22)(H,18,23)(H,19,20)/t12-/m1/s1. The number of hydrogen-bond acceptors (Lipinski definition) is 6. The molecular formula is C16H21N3O6. The Morgan fingerprint density at radius 2 is 1.80 bits per heavy atom. The number of alkyl carbamates (subject to hydrolysis) is 1. The second-order valence-corrected chi connectivity index (χ2v) is 4.95. The molecule has 0 aliphatic heterocycles. The largest absolute Gasteiger partial charge is 0.466 e. The van der Waals surface area contributed by atoms with E-state index >= 15 is 0 Å². The van der Waals surface area contributed by atoms with E-state index in [0.29, 0.717) is 0 Å². The fourth-order valence-electron chi connectivity index (χ4n) is 1.78. The third-order valence-corrected chi connectivity index (χ3v) is 2.96. The molecule has 0 fully saturated rings. The molecule has 4 N–H and O–H groups in total. The Labute approximate surface area is 144 Å². The first kappa shape index (κ1) is 19.9. The molecular weight excluding hydrogens is 330 g/mol. The number of nitrogens with two attached hydrogens (primary N) is 1. The summed E-state index contributed by atoms with van der Waals surface area (Å²) in [6.45, 7) is 1.38. The van der Waals surface area contributed by atoms with E-state index in [1.807, 2.05) is 6.07 Å². The molecule has 9 nitrogen and oxygen atoms in total. The Morgan fingerprint density at radius 1 is 1.12 bits per heavy atom. The predicted molar refractivity (Wildman–Crippen MR) is 87.0 cm³/mol. The molecule has 1 atom stereocenters. The highest BCUT2D eigenvalue weighted by atomic mass is 16.5. The van der Waals surface area contributed by atoms with E-state index in [1.165, 1.54) is 0 Å². The van der Waals surface area contributed by atoms with Crippen molar-refractivity contribution in [1.82, 2.24) is 10.6 Å². The van der Waals surface area contributed by atoms with Gasteiger partial charge in [-0.05, 0) is 12.5 Å². The molecule has 1 rings (SSSR count). The maximum atomic E-state index is 11.7. The van der Waals surface area contributed by atoms with Gasteiger partial charge in [0.15, 0.2) is 0 Å². The van der Waals surface area contributed by atoms with E-state index in [1.54, 1.807) is 31.2 Å². The van der Waals surface area contributed by atoms with Crippen molar-refractivity contribution in [1.29, 1.82) is 0 Å². The Kier molecular flexibility index (Phi) is 8.48. The number of esters is 1. The molecule has 0 heterocycles. The quantitative estimate of drug-likeness (QED) is 0.529. The fourth-order valence-corrected chi connectivity index (χ4v) is 1.78. The second kappa shape index (κ2) is 10.6. The zero-order chi connectivity index (χ0) is 18.7. The summed E-state index contributed by atoms with van der Waals surface area (Å²) in [5, 5.41) is 4.48. The van der Waals surface area contributed by atoms with E-state index in [4.69, 9.17) is 10.5 Å². The van der Waals surface area contributed by atoms with Gasteiger partial charge in [-0.1, -0.05) is 30.3 Å². The molecule has 0 aromatic heterocycles. The number of benzene rings is 1. The molecule has 0 saturated heterocycles. The number of nitrogens with one attached hydrogen (secondary N) is 2. The van der Waals surface area contributed by atoms with Gasteiger partial charge < -0.3 is 25.8 Å². The number of amides is 3. The topological polar surface area (TPSA) is 137 Å². The Balaban J connectivity index is 2.34. The van der Waals surface area contributed by atoms with Crippen LogP contribution in [-0.2, 0) is 30.5 Å². The SMILES string of the molecule is CCOC(=O)C[C@@H](NC(=O)CNC(=O)OCc1ccccc1)C(N)=O. The number of ether oxygens (including phenoxy) is 2. The number of carbonyl (C=O) groups is 4. The summed E-state index contributed by atoms with van der Waals surface area (Å²) < 4.78 is 9.62. The maximum absolute atomic E-state index is 11.7. The molecule has 25 heavy (non-hydrogen) atoms. The Bertz CT molecular complexity index is 605. The van der Waals surface area contributed by atoms with E-state index in [-0.39, 0.29) is 19.6 Å². The zero-order valence-electron chi connectivity index (χ0n) is 13.8. The van der Waals surface area contributed by atoms with Crippen LogP contribution in [0.1, 0.15) is 18.9 Å². The van der Waals surface area contributed by atoms with Crippen LogP contribution in [0.25, 0.3) is 0 Å². The lowest BCUT2D eigenvalue weighted by Crippen LogP contribution is -2.49. The number of primary amides is 1. The molecule has 0 unspecified atom stereocenters. The van der Waals surface area contributed by atoms with Crippen molar-refractivity contribution in [3.8, 4) is 0 Å². The van der Waals surface area contributed by atoms with Crippen LogP contribution < -0.4 is 16.4 Å². The smallest absolute Gasteiger partial charge is 0.407 e. The van der Waals surface area contributed by atoms with Gasteiger partial charge in [-0.15, -0.1) is 0 Å². The summed E-state index contributed by atoms with van der Waals surface area (Å²) in [7, 11) is 0. The molecule has 1 aromatic rings. The molecule has 0 saturated carbocycles. The highest BCUT2D eigenvalue weighted by Crippen LogP contribution is 2.00. The average molecular weight is 351 g/mol. The maximum Gasteiger partial charge on any atom is 0.407 e. The van der Waals surface area contributed by atoms with Crippen molar-refractivity contribution < 1.29 is 28.7 Å². The molecule has 0 bridgehead atoms. The monoisotopic (exact) mass is 351 g/mol. The Hall–Kier alpha value is -3.10. The predicted octanol–water partition coefficient (Wildman–Crippen LogP) is -0.164. The fraction of sp³-hybridized carbons (Fsp3) is 0.375. The van der Waals surface area contributed by atoms with Crippen LogP contribution in [0, 0.1) is 0 Å². The van der Waals surface area contributed by atoms with Crippen molar-refractivity contribution in [2.24, 2.45) is 5.73 Å². The first-order valence-electron chi connectivity index (χ1n) is 7.61. The van der Waals surface area contributed by atoms with Crippen LogP contribution in [0.2, 0.25) is 0 Å². The van der Waals surface area contributed by atoms with Crippen LogP contribution in [0.5, 0.6) is 0 Å². The van der Waals surface area contributed by atoms with Gasteiger partial charge in [0.1, 0.15) is 19.2 Å². The lowest BCUT2D eigenvalue weighted by Gasteiger charge is -2.15. The lowest BCUT2D eigenvalue weighted by molar-refractivity contribution is -0.145. The Morgan fingerprint density at radius 3 is 2.40 bits per heavy atom. The van der Waals surface area contributed by atoms with Gasteiger partial charge in [0, 0.05) is 0 Å². The van der Waals surface area contributed by atoms with Crippen LogP contribution in [0.3, 0.4) is 0 Å². The molecule has 0 spiro atoms. The van der Waals surface area contributed by atoms with Gasteiger partial charge in [-0.2, -0.15) is 0 Å². The van der Waals surface area contributed by atoms with Gasteiger partial charge in [0.2, 0.25) is 11.8 Å². The lowest BCUT2D eigenvalue weighted by atomic mass is 10.2. The van der Waals surface area contributed by atoms with Crippen molar-refractivity contribution in [3.05, 3.63) is 35.9 Å². The third-order valence-electron chi connectivity index (χ3n) is 2.96. The summed E-state index contributed by atoms with van der Waals surface area (Å²) in [6.07, 6.45) is -1.17. The average Bonchev–Trinajstić information content (AvgIpc) is 2.58. The van der Waals surface area contributed by atoms with Crippen LogP contribution >= 0.6 is 0 Å². The van der Waals surface area contributed by atoms with Gasteiger partial charge >= 0.3 is 12.1 Å². The molecule has 0 radical (unpaired) electrons. The molecule has 136 valence electrons. The van der Waals surface area contributed by atoms with E-state index in [9.17, 15) is 19.2 Å². The van der Waals surface area contributed by atoms with Gasteiger partial charge in [-0.3, -0.25) is 14.4 Å². The zero-order valence-corrected chi connectivity index (χ0v) is 13.8. The van der Waals surface area contributed by atoms with Crippen LogP contribution in [-0.4, -0.2) is 43.1 Å². The third kappa shape index (κ3) is 8.35. The highest BCUT2D eigenvalue weighted by molar-refractivity contribution is 5.91. The van der Waals surface area contributed by atoms with E-state index in [0.717, 1.165) is 5.56 Å². The van der Waals surface area contributed by atoms with Gasteiger partial charge in [0.25, 0.3) is 0 Å². The normalized spacial score (nSPS) is 11.1. The number of hydrogen-bond donors (Lipinski definition) is 3. The van der Waals surface area contributed by atoms with Crippen molar-refractivity contribution >= 4 is 23.9 Å². The molecule has 9 heteroatoms. The molecule has 0 aliphatic carbocycles. The summed E-state index contributed by atoms with van der Waals surface area (Å²) in [6, 6.07) is 7.79. The highest BCUT2D eigenvalue weighted by Gasteiger charge is 2.22. The van der Waals surface area contributed by atoms with E-state index in [2.05, 4.69) is 15.4 Å². The summed E-state index contributed by atoms with van der Waals surface area (Å²) in [4.78, 5) is 45.9. The minimum atomic E-state index is -1.21. The summed E-state index contributed by atoms with van der Waals surface area (Å²) in [5.41, 5.74) is 5.92. The molecule has 1 aromatic carbocycles. The first-order valence-corrected chi connectivity index (χ1v) is 7.61. The van der Waals surface area contributed by atoms with Crippen molar-refractivity contribution in [2.45, 2.75) is 26.0 Å². The van der Waals surface area contributed by atoms with Crippen molar-refractivity contribution in [2.75, 3.05) is 13.2 Å². The van der Waals surface area contributed by atoms with Gasteiger partial charge in [0.05, 0.1) is 13.0 Å². The second-order valence-electron chi connectivity index (χ2n) is 4.95. The molecule has 3 amide bonds. The summed E-state index contributed by atoms with van der Waals surface area (Å²) >= 11 is 0. The number of carbonyl (C=O) groups excluding carboxylic acids is 4. The van der Waals surface area contributed by atoms with Gasteiger partial charge in [-0.25, -0.2) is 4.79 Å². The van der Waals surface area contributed by atoms with Crippen LogP contribution in [0.15, 0.2) is 30.3 Å². The number of rotatable bonds is 9. The summed E-state index contributed by atoms with van der Waals surface area (Å²) in [5.74, 6) is -2.24. The van der Waals surface area contributed by atoms with Crippen molar-refractivity contribution in [3.63, 3.8) is 0 Å². The van der Waals surface area contributed by atoms with E-state index < -0.39 is 36.5 Å².